The number of amides is 1. The molecule has 0 aliphatic carbocycles. The highest BCUT2D eigenvalue weighted by Crippen LogP contribution is 2.04. The third-order valence-electron chi connectivity index (χ3n) is 1.91. The molecule has 1 rings (SSSR count). The normalized spacial score (nSPS) is 14.2. The largest absolute Gasteiger partial charge is 0.479 e. The van der Waals surface area contributed by atoms with Gasteiger partial charge in [0.25, 0.3) is 5.91 Å². The number of carboxylic acid groups (broad SMARTS) is 1. The maximum Gasteiger partial charge on any atom is 0.337 e. The van der Waals surface area contributed by atoms with Crippen LogP contribution in [0.4, 0.5) is 0 Å². The number of carbonyl (C=O) groups is 2. The van der Waals surface area contributed by atoms with Crippen LogP contribution in [0.2, 0.25) is 0 Å². The van der Waals surface area contributed by atoms with E-state index >= 15 is 0 Å². The van der Waals surface area contributed by atoms with Gasteiger partial charge in [0.1, 0.15) is 5.76 Å². The Kier molecular flexibility index (Phi) is 3.28. The van der Waals surface area contributed by atoms with Crippen LogP contribution in [-0.2, 0) is 4.79 Å². The van der Waals surface area contributed by atoms with E-state index < -0.39 is 24.0 Å². The van der Waals surface area contributed by atoms with E-state index in [-0.39, 0.29) is 5.69 Å². The van der Waals surface area contributed by atoms with Gasteiger partial charge in [-0.25, -0.2) is 4.79 Å². The van der Waals surface area contributed by atoms with Gasteiger partial charge in [-0.2, -0.15) is 0 Å². The van der Waals surface area contributed by atoms with Crippen molar-refractivity contribution in [1.82, 2.24) is 10.5 Å². The van der Waals surface area contributed by atoms with E-state index in [1.807, 2.05) is 0 Å². The van der Waals surface area contributed by atoms with Crippen LogP contribution < -0.4 is 5.32 Å². The molecule has 1 unspecified atom stereocenters. The average Bonchev–Trinajstić information content (AvgIpc) is 2.61. The number of hydrogen-bond acceptors (Lipinski definition) is 5. The lowest BCUT2D eigenvalue weighted by molar-refractivity contribution is -0.155. The smallest absolute Gasteiger partial charge is 0.337 e. The number of nitrogens with one attached hydrogen (secondary N) is 1. The summed E-state index contributed by atoms with van der Waals surface area (Å²) in [5.41, 5.74) is -1.97. The number of aryl methyl sites for hydroxylation is 1. The van der Waals surface area contributed by atoms with Crippen molar-refractivity contribution >= 4 is 11.9 Å². The Balaban J connectivity index is 2.57. The van der Waals surface area contributed by atoms with Gasteiger partial charge < -0.3 is 20.1 Å². The molecular weight excluding hydrogens is 216 g/mol. The predicted molar refractivity (Wildman–Crippen MR) is 51.8 cm³/mol. The number of carboxylic acids is 1. The third-order valence-corrected chi connectivity index (χ3v) is 1.91. The summed E-state index contributed by atoms with van der Waals surface area (Å²) in [4.78, 5) is 21.9. The average molecular weight is 228 g/mol. The van der Waals surface area contributed by atoms with Crippen LogP contribution in [0.15, 0.2) is 10.6 Å². The van der Waals surface area contributed by atoms with E-state index in [2.05, 4.69) is 15.0 Å². The molecule has 0 spiro atoms. The number of nitrogens with zero attached hydrogens (tertiary/aromatic N) is 1. The number of aliphatic hydroxyl groups is 1. The summed E-state index contributed by atoms with van der Waals surface area (Å²) in [6.07, 6.45) is 0. The van der Waals surface area contributed by atoms with E-state index in [0.29, 0.717) is 5.76 Å². The number of aromatic nitrogens is 1. The summed E-state index contributed by atoms with van der Waals surface area (Å²) in [5, 5.41) is 23.6. The van der Waals surface area contributed by atoms with Crippen LogP contribution in [0.1, 0.15) is 23.2 Å². The van der Waals surface area contributed by atoms with Crippen molar-refractivity contribution in [3.05, 3.63) is 17.5 Å². The highest BCUT2D eigenvalue weighted by Gasteiger charge is 2.30. The SMILES string of the molecule is Cc1cc(C(=O)NCC(C)(O)C(=O)O)no1. The first-order valence-corrected chi connectivity index (χ1v) is 4.50. The summed E-state index contributed by atoms with van der Waals surface area (Å²) in [6.45, 7) is 2.30. The van der Waals surface area contributed by atoms with Crippen molar-refractivity contribution in [2.45, 2.75) is 19.4 Å². The second kappa shape index (κ2) is 4.31. The van der Waals surface area contributed by atoms with E-state index in [9.17, 15) is 14.7 Å². The second-order valence-corrected chi connectivity index (χ2v) is 3.58. The summed E-state index contributed by atoms with van der Waals surface area (Å²) in [6, 6.07) is 1.41. The molecule has 0 aromatic carbocycles. The molecule has 1 amide bonds. The zero-order valence-electron chi connectivity index (χ0n) is 8.85. The Morgan fingerprint density at radius 2 is 2.25 bits per heavy atom. The van der Waals surface area contributed by atoms with E-state index in [1.54, 1.807) is 6.92 Å². The fourth-order valence-electron chi connectivity index (χ4n) is 0.892. The van der Waals surface area contributed by atoms with E-state index in [0.717, 1.165) is 6.92 Å². The Hall–Kier alpha value is -1.89. The molecule has 1 heterocycles. The lowest BCUT2D eigenvalue weighted by Crippen LogP contribution is -2.46. The number of carbonyl (C=O) groups excluding carboxylic acids is 1. The van der Waals surface area contributed by atoms with Crippen molar-refractivity contribution in [2.75, 3.05) is 6.54 Å². The maximum atomic E-state index is 11.4. The number of aliphatic carboxylic acids is 1. The summed E-state index contributed by atoms with van der Waals surface area (Å²) in [7, 11) is 0. The van der Waals surface area contributed by atoms with Gasteiger partial charge in [0.15, 0.2) is 11.3 Å². The Labute approximate surface area is 91.0 Å². The molecule has 0 radical (unpaired) electrons. The Morgan fingerprint density at radius 3 is 2.69 bits per heavy atom. The monoisotopic (exact) mass is 228 g/mol. The zero-order valence-corrected chi connectivity index (χ0v) is 8.85. The van der Waals surface area contributed by atoms with Crippen molar-refractivity contribution in [3.8, 4) is 0 Å². The maximum absolute atomic E-state index is 11.4. The molecular formula is C9H12N2O5. The molecule has 7 heteroatoms. The van der Waals surface area contributed by atoms with E-state index in [1.165, 1.54) is 6.07 Å². The molecule has 0 bridgehead atoms. The molecule has 0 fully saturated rings. The molecule has 1 aromatic rings. The van der Waals surface area contributed by atoms with Crippen molar-refractivity contribution in [2.24, 2.45) is 0 Å². The molecule has 0 aliphatic heterocycles. The second-order valence-electron chi connectivity index (χ2n) is 3.58. The van der Waals surface area contributed by atoms with Gasteiger partial charge in [-0.1, -0.05) is 5.16 Å². The predicted octanol–water partition coefficient (Wildman–Crippen LogP) is -0.452. The molecule has 1 atom stereocenters. The molecule has 3 N–H and O–H groups in total. The van der Waals surface area contributed by atoms with Gasteiger partial charge in [0.2, 0.25) is 0 Å². The number of rotatable bonds is 4. The topological polar surface area (TPSA) is 113 Å². The lowest BCUT2D eigenvalue weighted by atomic mass is 10.1. The van der Waals surface area contributed by atoms with Crippen LogP contribution in [0.3, 0.4) is 0 Å². The standard InChI is InChI=1S/C9H12N2O5/c1-5-3-6(11-16-5)7(12)10-4-9(2,15)8(13)14/h3,15H,4H2,1-2H3,(H,10,12)(H,13,14). The lowest BCUT2D eigenvalue weighted by Gasteiger charge is -2.17. The Morgan fingerprint density at radius 1 is 1.62 bits per heavy atom. The first-order valence-electron chi connectivity index (χ1n) is 4.50. The van der Waals surface area contributed by atoms with Gasteiger partial charge in [-0.05, 0) is 13.8 Å². The fraction of sp³-hybridized carbons (Fsp3) is 0.444. The Bertz CT molecular complexity index is 410. The van der Waals surface area contributed by atoms with Gasteiger partial charge in [0.05, 0.1) is 6.54 Å². The van der Waals surface area contributed by atoms with Crippen LogP contribution in [0.25, 0.3) is 0 Å². The summed E-state index contributed by atoms with van der Waals surface area (Å²) in [5.74, 6) is -1.54. The van der Waals surface area contributed by atoms with E-state index in [4.69, 9.17) is 5.11 Å². The highest BCUT2D eigenvalue weighted by atomic mass is 16.5. The van der Waals surface area contributed by atoms with Crippen molar-refractivity contribution in [3.63, 3.8) is 0 Å². The highest BCUT2D eigenvalue weighted by molar-refractivity contribution is 5.92. The quantitative estimate of drug-likeness (QED) is 0.643. The summed E-state index contributed by atoms with van der Waals surface area (Å²) < 4.78 is 4.68. The molecule has 88 valence electrons. The fourth-order valence-corrected chi connectivity index (χ4v) is 0.892. The molecule has 1 aromatic heterocycles. The first kappa shape index (κ1) is 12.2. The summed E-state index contributed by atoms with van der Waals surface area (Å²) >= 11 is 0. The minimum atomic E-state index is -2.01. The number of hydrogen-bond donors (Lipinski definition) is 3. The molecule has 16 heavy (non-hydrogen) atoms. The van der Waals surface area contributed by atoms with Crippen LogP contribution in [0, 0.1) is 6.92 Å². The van der Waals surface area contributed by atoms with Gasteiger partial charge in [-0.3, -0.25) is 4.79 Å². The van der Waals surface area contributed by atoms with Crippen molar-refractivity contribution < 1.29 is 24.3 Å². The van der Waals surface area contributed by atoms with Crippen LogP contribution in [-0.4, -0.2) is 39.4 Å². The van der Waals surface area contributed by atoms with Gasteiger partial charge in [0, 0.05) is 6.07 Å². The van der Waals surface area contributed by atoms with Crippen LogP contribution in [0.5, 0.6) is 0 Å². The molecule has 0 aliphatic rings. The van der Waals surface area contributed by atoms with Crippen molar-refractivity contribution in [1.29, 1.82) is 0 Å². The van der Waals surface area contributed by atoms with Gasteiger partial charge >= 0.3 is 5.97 Å². The minimum Gasteiger partial charge on any atom is -0.479 e. The zero-order chi connectivity index (χ0) is 12.3. The molecule has 7 nitrogen and oxygen atoms in total. The first-order chi connectivity index (χ1) is 7.33. The molecule has 0 saturated heterocycles. The molecule has 0 saturated carbocycles. The third kappa shape index (κ3) is 2.80. The van der Waals surface area contributed by atoms with Gasteiger partial charge in [-0.15, -0.1) is 0 Å². The minimum absolute atomic E-state index is 0.0405. The van der Waals surface area contributed by atoms with Crippen LogP contribution >= 0.6 is 0 Å².